The van der Waals surface area contributed by atoms with Gasteiger partial charge in [0.2, 0.25) is 0 Å². The first-order chi connectivity index (χ1) is 9.59. The Morgan fingerprint density at radius 2 is 1.82 bits per heavy atom. The highest BCUT2D eigenvalue weighted by atomic mass is 35.5. The topological polar surface area (TPSA) is 33.7 Å². The van der Waals surface area contributed by atoms with E-state index < -0.39 is 6.29 Å². The van der Waals surface area contributed by atoms with Gasteiger partial charge in [-0.25, -0.2) is 0 Å². The molecule has 124 valence electrons. The van der Waals surface area contributed by atoms with E-state index in [-0.39, 0.29) is 42.4 Å². The molecule has 2 aliphatic rings. The van der Waals surface area contributed by atoms with Crippen LogP contribution in [-0.4, -0.2) is 37.4 Å². The van der Waals surface area contributed by atoms with Crippen LogP contribution >= 0.6 is 24.8 Å². The lowest BCUT2D eigenvalue weighted by Gasteiger charge is -2.33. The van der Waals surface area contributed by atoms with E-state index in [9.17, 15) is 8.78 Å². The van der Waals surface area contributed by atoms with Crippen LogP contribution in [0.4, 0.5) is 8.78 Å². The average Bonchev–Trinajstić information content (AvgIpc) is 2.74. The van der Waals surface area contributed by atoms with Crippen molar-refractivity contribution in [2.45, 2.75) is 12.3 Å². The maximum atomic E-state index is 13.0. The molecular weight excluding hydrogens is 337 g/mol. The summed E-state index contributed by atoms with van der Waals surface area (Å²) in [6.07, 6.45) is -1.75. The smallest absolute Gasteiger partial charge is 0.395 e. The Bertz CT molecular complexity index is 526. The zero-order valence-corrected chi connectivity index (χ0v) is 13.4. The molecule has 2 heterocycles. The highest BCUT2D eigenvalue weighted by molar-refractivity contribution is 5.85. The van der Waals surface area contributed by atoms with Crippen molar-refractivity contribution in [3.8, 4) is 11.5 Å². The maximum Gasteiger partial charge on any atom is 0.586 e. The summed E-state index contributed by atoms with van der Waals surface area (Å²) < 4.78 is 34.9. The van der Waals surface area contributed by atoms with Gasteiger partial charge in [0.05, 0.1) is 6.04 Å². The number of piperazine rings is 1. The molecular formula is C14H18Cl2F2N2O2. The Morgan fingerprint density at radius 3 is 2.45 bits per heavy atom. The third kappa shape index (κ3) is 3.81. The fourth-order valence-electron chi connectivity index (χ4n) is 2.61. The molecule has 0 saturated carbocycles. The van der Waals surface area contributed by atoms with Crippen molar-refractivity contribution in [2.24, 2.45) is 0 Å². The number of alkyl halides is 2. The second-order valence-electron chi connectivity index (χ2n) is 4.84. The van der Waals surface area contributed by atoms with E-state index in [0.717, 1.165) is 31.7 Å². The number of hydrogen-bond acceptors (Lipinski definition) is 4. The number of rotatable bonds is 3. The summed E-state index contributed by atoms with van der Waals surface area (Å²) in [6.45, 7) is 7.45. The summed E-state index contributed by atoms with van der Waals surface area (Å²) in [5, 5.41) is 3.28. The van der Waals surface area contributed by atoms with Gasteiger partial charge in [-0.3, -0.25) is 4.90 Å². The van der Waals surface area contributed by atoms with Gasteiger partial charge in [-0.05, 0) is 17.7 Å². The zero-order valence-electron chi connectivity index (χ0n) is 11.8. The molecule has 0 aliphatic carbocycles. The number of hydrogen-bond donors (Lipinski definition) is 1. The number of halogens is 4. The van der Waals surface area contributed by atoms with Gasteiger partial charge in [0.25, 0.3) is 0 Å². The van der Waals surface area contributed by atoms with Gasteiger partial charge in [0.15, 0.2) is 11.5 Å². The molecule has 1 N–H and O–H groups in total. The molecule has 0 spiro atoms. The Morgan fingerprint density at radius 1 is 1.18 bits per heavy atom. The van der Waals surface area contributed by atoms with Crippen molar-refractivity contribution in [2.75, 3.05) is 26.2 Å². The zero-order chi connectivity index (χ0) is 14.2. The van der Waals surface area contributed by atoms with E-state index >= 15 is 0 Å². The lowest BCUT2D eigenvalue weighted by atomic mass is 10.0. The third-order valence-corrected chi connectivity index (χ3v) is 3.54. The first-order valence-electron chi connectivity index (χ1n) is 6.56. The van der Waals surface area contributed by atoms with Crippen LogP contribution in [0.5, 0.6) is 11.5 Å². The summed E-state index contributed by atoms with van der Waals surface area (Å²) in [7, 11) is 0. The first-order valence-corrected chi connectivity index (χ1v) is 6.56. The van der Waals surface area contributed by atoms with Gasteiger partial charge < -0.3 is 14.8 Å². The molecule has 1 fully saturated rings. The second-order valence-corrected chi connectivity index (χ2v) is 4.84. The van der Waals surface area contributed by atoms with Crippen molar-refractivity contribution in [3.63, 3.8) is 0 Å². The summed E-state index contributed by atoms with van der Waals surface area (Å²) in [5.41, 5.74) is 0.877. The summed E-state index contributed by atoms with van der Waals surface area (Å²) >= 11 is 0. The Hall–Kier alpha value is -1.08. The number of nitrogens with one attached hydrogen (secondary N) is 1. The van der Waals surface area contributed by atoms with E-state index in [1.54, 1.807) is 12.1 Å². The fourth-order valence-corrected chi connectivity index (χ4v) is 2.61. The molecule has 1 aromatic carbocycles. The predicted octanol–water partition coefficient (Wildman–Crippen LogP) is 2.98. The minimum absolute atomic E-state index is 0. The summed E-state index contributed by atoms with van der Waals surface area (Å²) in [6, 6.07) is 4.88. The van der Waals surface area contributed by atoms with Crippen LogP contribution in [0.1, 0.15) is 11.6 Å². The van der Waals surface area contributed by atoms with Crippen LogP contribution in [0.2, 0.25) is 0 Å². The molecule has 22 heavy (non-hydrogen) atoms. The lowest BCUT2D eigenvalue weighted by Crippen LogP contribution is -2.44. The van der Waals surface area contributed by atoms with E-state index in [0.29, 0.717) is 0 Å². The number of ether oxygens (including phenoxy) is 2. The molecule has 1 saturated heterocycles. The van der Waals surface area contributed by atoms with Crippen molar-refractivity contribution in [1.29, 1.82) is 0 Å². The van der Waals surface area contributed by atoms with Crippen LogP contribution in [0.25, 0.3) is 0 Å². The van der Waals surface area contributed by atoms with Crippen LogP contribution in [-0.2, 0) is 0 Å². The van der Waals surface area contributed by atoms with Crippen molar-refractivity contribution in [3.05, 3.63) is 36.4 Å². The first kappa shape index (κ1) is 19.0. The molecule has 8 heteroatoms. The van der Waals surface area contributed by atoms with E-state index in [1.807, 2.05) is 6.08 Å². The van der Waals surface area contributed by atoms with Gasteiger partial charge in [-0.15, -0.1) is 40.2 Å². The molecule has 0 aromatic heterocycles. The Balaban J connectivity index is 0.00000121. The minimum atomic E-state index is -3.57. The fraction of sp³-hybridized carbons (Fsp3) is 0.429. The quantitative estimate of drug-likeness (QED) is 0.846. The Kier molecular flexibility index (Phi) is 6.43. The van der Waals surface area contributed by atoms with Crippen molar-refractivity contribution >= 4 is 24.8 Å². The van der Waals surface area contributed by atoms with Crippen LogP contribution in [0, 0.1) is 0 Å². The molecule has 4 nitrogen and oxygen atoms in total. The predicted molar refractivity (Wildman–Crippen MR) is 84.5 cm³/mol. The van der Waals surface area contributed by atoms with Crippen LogP contribution in [0.15, 0.2) is 30.9 Å². The Labute approximate surface area is 140 Å². The molecule has 3 rings (SSSR count). The van der Waals surface area contributed by atoms with Gasteiger partial charge in [-0.2, -0.15) is 0 Å². The van der Waals surface area contributed by atoms with Crippen molar-refractivity contribution in [1.82, 2.24) is 10.2 Å². The number of nitrogens with zero attached hydrogens (tertiary/aromatic N) is 1. The summed E-state index contributed by atoms with van der Waals surface area (Å²) in [5.74, 6) is 0.149. The summed E-state index contributed by atoms with van der Waals surface area (Å²) in [4.78, 5) is 2.25. The monoisotopic (exact) mass is 354 g/mol. The van der Waals surface area contributed by atoms with E-state index in [1.165, 1.54) is 6.07 Å². The largest absolute Gasteiger partial charge is 0.586 e. The molecule has 1 atom stereocenters. The second kappa shape index (κ2) is 7.46. The van der Waals surface area contributed by atoms with Gasteiger partial charge in [0.1, 0.15) is 0 Å². The molecule has 0 unspecified atom stereocenters. The lowest BCUT2D eigenvalue weighted by molar-refractivity contribution is -0.286. The highest BCUT2D eigenvalue weighted by Crippen LogP contribution is 2.42. The highest BCUT2D eigenvalue weighted by Gasteiger charge is 2.43. The van der Waals surface area contributed by atoms with Crippen LogP contribution in [0.3, 0.4) is 0 Å². The molecule has 0 radical (unpaired) electrons. The van der Waals surface area contributed by atoms with Gasteiger partial charge in [0, 0.05) is 26.2 Å². The van der Waals surface area contributed by atoms with E-state index in [2.05, 4.69) is 26.3 Å². The van der Waals surface area contributed by atoms with Crippen molar-refractivity contribution < 1.29 is 18.3 Å². The SMILES string of the molecule is C=C[C@@H](c1ccc2c(c1)OC(F)(F)O2)N1CCNCC1.Cl.Cl. The normalized spacial score (nSPS) is 20.5. The standard InChI is InChI=1S/C14H16F2N2O2.2ClH/c1-2-11(18-7-5-17-6-8-18)10-3-4-12-13(9-10)20-14(15,16)19-12;;/h2-4,9,11,17H,1,5-8H2;2*1H/t11-;;/m0../s1. The minimum Gasteiger partial charge on any atom is -0.395 e. The number of fused-ring (bicyclic) bond motifs is 1. The molecule has 0 bridgehead atoms. The van der Waals surface area contributed by atoms with E-state index in [4.69, 9.17) is 0 Å². The van der Waals surface area contributed by atoms with Gasteiger partial charge in [-0.1, -0.05) is 12.1 Å². The maximum absolute atomic E-state index is 13.0. The molecule has 0 amide bonds. The number of benzene rings is 1. The van der Waals surface area contributed by atoms with Gasteiger partial charge >= 0.3 is 6.29 Å². The van der Waals surface area contributed by atoms with Crippen LogP contribution < -0.4 is 14.8 Å². The third-order valence-electron chi connectivity index (χ3n) is 3.54. The molecule has 2 aliphatic heterocycles. The average molecular weight is 355 g/mol. The molecule has 1 aromatic rings.